The van der Waals surface area contributed by atoms with Crippen LogP contribution in [0, 0.1) is 0 Å². The van der Waals surface area contributed by atoms with E-state index in [2.05, 4.69) is 17.1 Å². The van der Waals surface area contributed by atoms with Crippen LogP contribution in [0.15, 0.2) is 59.8 Å². The Bertz CT molecular complexity index is 892. The van der Waals surface area contributed by atoms with Crippen LogP contribution in [0.2, 0.25) is 0 Å². The summed E-state index contributed by atoms with van der Waals surface area (Å²) in [5, 5.41) is 9.15. The fourth-order valence-electron chi connectivity index (χ4n) is 2.79. The number of hydrogen-bond acceptors (Lipinski definition) is 5. The van der Waals surface area contributed by atoms with E-state index in [0.717, 1.165) is 28.8 Å². The van der Waals surface area contributed by atoms with Gasteiger partial charge in [-0.1, -0.05) is 42.1 Å². The van der Waals surface area contributed by atoms with Gasteiger partial charge in [0.25, 0.3) is 0 Å². The van der Waals surface area contributed by atoms with Crippen molar-refractivity contribution in [1.82, 2.24) is 14.8 Å². The van der Waals surface area contributed by atoms with E-state index >= 15 is 0 Å². The predicted molar refractivity (Wildman–Crippen MR) is 108 cm³/mol. The van der Waals surface area contributed by atoms with Crippen molar-refractivity contribution in [2.75, 3.05) is 6.61 Å². The maximum Gasteiger partial charge on any atom is 0.192 e. The van der Waals surface area contributed by atoms with Crippen LogP contribution in [0.4, 0.5) is 0 Å². The number of thioether (sulfide) groups is 1. The number of rotatable bonds is 8. The summed E-state index contributed by atoms with van der Waals surface area (Å²) in [6.45, 7) is 7.24. The predicted octanol–water partition coefficient (Wildman–Crippen LogP) is 4.73. The summed E-state index contributed by atoms with van der Waals surface area (Å²) in [5.74, 6) is 1.66. The molecule has 0 saturated carbocycles. The standard InChI is InChI=1S/C21H23N3O2S/c1-4-24-20(17-9-7-6-8-10-17)22-23-21(24)27-15(3)19(25)16-11-13-18(14-12-16)26-5-2/h6-15H,4-5H2,1-3H3/t15-/m0/s1. The highest BCUT2D eigenvalue weighted by atomic mass is 32.2. The third-order valence-electron chi connectivity index (χ3n) is 4.17. The Morgan fingerprint density at radius 2 is 1.78 bits per heavy atom. The molecule has 2 aromatic carbocycles. The quantitative estimate of drug-likeness (QED) is 0.417. The molecule has 3 aromatic rings. The maximum atomic E-state index is 12.8. The molecule has 0 aliphatic carbocycles. The van der Waals surface area contributed by atoms with Crippen LogP contribution in [-0.2, 0) is 6.54 Å². The molecule has 0 saturated heterocycles. The minimum Gasteiger partial charge on any atom is -0.494 e. The Hall–Kier alpha value is -2.60. The first kappa shape index (κ1) is 19.2. The van der Waals surface area contributed by atoms with E-state index < -0.39 is 0 Å². The van der Waals surface area contributed by atoms with Gasteiger partial charge in [-0.15, -0.1) is 10.2 Å². The molecule has 27 heavy (non-hydrogen) atoms. The first-order valence-corrected chi connectivity index (χ1v) is 9.94. The van der Waals surface area contributed by atoms with Crippen molar-refractivity contribution in [1.29, 1.82) is 0 Å². The molecule has 0 radical (unpaired) electrons. The number of ketones is 1. The smallest absolute Gasteiger partial charge is 0.192 e. The van der Waals surface area contributed by atoms with Gasteiger partial charge < -0.3 is 9.30 Å². The van der Waals surface area contributed by atoms with Gasteiger partial charge in [-0.05, 0) is 45.0 Å². The SMILES string of the molecule is CCOc1ccc(C(=O)[C@H](C)Sc2nnc(-c3ccccc3)n2CC)cc1. The summed E-state index contributed by atoms with van der Waals surface area (Å²) in [7, 11) is 0. The summed E-state index contributed by atoms with van der Waals surface area (Å²) in [4.78, 5) is 12.8. The largest absolute Gasteiger partial charge is 0.494 e. The maximum absolute atomic E-state index is 12.8. The molecule has 0 unspecified atom stereocenters. The fraction of sp³-hybridized carbons (Fsp3) is 0.286. The molecule has 6 heteroatoms. The molecule has 1 heterocycles. The van der Waals surface area contributed by atoms with Crippen LogP contribution in [0.1, 0.15) is 31.1 Å². The van der Waals surface area contributed by atoms with Gasteiger partial charge in [-0.2, -0.15) is 0 Å². The van der Waals surface area contributed by atoms with Gasteiger partial charge in [0.15, 0.2) is 16.8 Å². The molecule has 140 valence electrons. The van der Waals surface area contributed by atoms with E-state index in [9.17, 15) is 4.79 Å². The highest BCUT2D eigenvalue weighted by Crippen LogP contribution is 2.28. The van der Waals surface area contributed by atoms with Crippen molar-refractivity contribution in [2.24, 2.45) is 0 Å². The zero-order valence-corrected chi connectivity index (χ0v) is 16.6. The fourth-order valence-corrected chi connectivity index (χ4v) is 3.78. The summed E-state index contributed by atoms with van der Waals surface area (Å²) >= 11 is 1.44. The van der Waals surface area contributed by atoms with E-state index in [1.165, 1.54) is 11.8 Å². The monoisotopic (exact) mass is 381 g/mol. The molecule has 0 spiro atoms. The topological polar surface area (TPSA) is 57.0 Å². The average Bonchev–Trinajstić information content (AvgIpc) is 3.11. The van der Waals surface area contributed by atoms with Crippen LogP contribution in [0.5, 0.6) is 5.75 Å². The molecule has 5 nitrogen and oxygen atoms in total. The summed E-state index contributed by atoms with van der Waals surface area (Å²) in [6.07, 6.45) is 0. The summed E-state index contributed by atoms with van der Waals surface area (Å²) < 4.78 is 7.48. The number of ether oxygens (including phenoxy) is 1. The molecule has 0 aliphatic heterocycles. The van der Waals surface area contributed by atoms with Crippen LogP contribution < -0.4 is 4.74 Å². The normalized spacial score (nSPS) is 12.0. The van der Waals surface area contributed by atoms with Gasteiger partial charge in [-0.25, -0.2) is 0 Å². The number of nitrogens with zero attached hydrogens (tertiary/aromatic N) is 3. The van der Waals surface area contributed by atoms with Crippen molar-refractivity contribution < 1.29 is 9.53 Å². The molecule has 0 bridgehead atoms. The highest BCUT2D eigenvalue weighted by Gasteiger charge is 2.21. The molecular formula is C21H23N3O2S. The second-order valence-corrected chi connectivity index (χ2v) is 7.31. The van der Waals surface area contributed by atoms with E-state index in [1.807, 2.05) is 73.0 Å². The number of carbonyl (C=O) groups is 1. The Labute approximate surface area is 163 Å². The Balaban J connectivity index is 1.76. The molecule has 0 amide bonds. The molecule has 1 atom stereocenters. The third-order valence-corrected chi connectivity index (χ3v) is 5.25. The summed E-state index contributed by atoms with van der Waals surface area (Å²) in [5.41, 5.74) is 1.69. The van der Waals surface area contributed by atoms with Crippen LogP contribution in [0.3, 0.4) is 0 Å². The third kappa shape index (κ3) is 4.39. The van der Waals surface area contributed by atoms with E-state index in [0.29, 0.717) is 12.2 Å². The van der Waals surface area contributed by atoms with Crippen LogP contribution in [-0.4, -0.2) is 32.4 Å². The minimum atomic E-state index is -0.263. The Kier molecular flexibility index (Phi) is 6.29. The van der Waals surface area contributed by atoms with Gasteiger partial charge in [0.2, 0.25) is 0 Å². The molecule has 1 aromatic heterocycles. The number of carbonyl (C=O) groups excluding carboxylic acids is 1. The van der Waals surface area contributed by atoms with Crippen molar-refractivity contribution >= 4 is 17.5 Å². The second-order valence-electron chi connectivity index (χ2n) is 6.00. The van der Waals surface area contributed by atoms with Gasteiger partial charge in [0, 0.05) is 17.7 Å². The molecular weight excluding hydrogens is 358 g/mol. The van der Waals surface area contributed by atoms with E-state index in [-0.39, 0.29) is 11.0 Å². The van der Waals surface area contributed by atoms with E-state index in [1.54, 1.807) is 0 Å². The lowest BCUT2D eigenvalue weighted by Gasteiger charge is -2.12. The van der Waals surface area contributed by atoms with Gasteiger partial charge >= 0.3 is 0 Å². The minimum absolute atomic E-state index is 0.0648. The average molecular weight is 382 g/mol. The highest BCUT2D eigenvalue weighted by molar-refractivity contribution is 8.00. The van der Waals surface area contributed by atoms with Crippen LogP contribution in [0.25, 0.3) is 11.4 Å². The summed E-state index contributed by atoms with van der Waals surface area (Å²) in [6, 6.07) is 17.2. The molecule has 0 N–H and O–H groups in total. The van der Waals surface area contributed by atoms with Gasteiger partial charge in [0.05, 0.1) is 11.9 Å². The van der Waals surface area contributed by atoms with Gasteiger partial charge in [0.1, 0.15) is 5.75 Å². The lowest BCUT2D eigenvalue weighted by molar-refractivity contribution is 0.0994. The number of benzene rings is 2. The first-order chi connectivity index (χ1) is 13.1. The number of Topliss-reactive ketones (excluding diaryl/α,β-unsaturated/α-hetero) is 1. The lowest BCUT2D eigenvalue weighted by atomic mass is 10.1. The van der Waals surface area contributed by atoms with Crippen molar-refractivity contribution in [3.63, 3.8) is 0 Å². The zero-order chi connectivity index (χ0) is 19.2. The first-order valence-electron chi connectivity index (χ1n) is 9.06. The number of hydrogen-bond donors (Lipinski definition) is 0. The van der Waals surface area contributed by atoms with E-state index in [4.69, 9.17) is 4.74 Å². The lowest BCUT2D eigenvalue weighted by Crippen LogP contribution is -2.14. The number of aromatic nitrogens is 3. The molecule has 0 fully saturated rings. The molecule has 0 aliphatic rings. The second kappa shape index (κ2) is 8.86. The van der Waals surface area contributed by atoms with Crippen molar-refractivity contribution in [3.8, 4) is 17.1 Å². The van der Waals surface area contributed by atoms with Crippen molar-refractivity contribution in [2.45, 2.75) is 37.7 Å². The molecule has 3 rings (SSSR count). The van der Waals surface area contributed by atoms with Gasteiger partial charge in [-0.3, -0.25) is 4.79 Å². The zero-order valence-electron chi connectivity index (χ0n) is 15.8. The van der Waals surface area contributed by atoms with Crippen molar-refractivity contribution in [3.05, 3.63) is 60.2 Å². The Morgan fingerprint density at radius 3 is 2.41 bits per heavy atom. The Morgan fingerprint density at radius 1 is 1.07 bits per heavy atom. The van der Waals surface area contributed by atoms with Crippen LogP contribution >= 0.6 is 11.8 Å².